The molecule has 0 nitrogen and oxygen atoms in total. The molecule has 0 saturated heterocycles. The molecular formula is C29H44. The van der Waals surface area contributed by atoms with Crippen molar-refractivity contribution in [3.8, 4) is 0 Å². The summed E-state index contributed by atoms with van der Waals surface area (Å²) in [4.78, 5) is 0. The van der Waals surface area contributed by atoms with E-state index in [4.69, 9.17) is 0 Å². The minimum absolute atomic E-state index is 0.660. The molecule has 0 N–H and O–H groups in total. The van der Waals surface area contributed by atoms with Crippen molar-refractivity contribution < 1.29 is 0 Å². The van der Waals surface area contributed by atoms with Crippen molar-refractivity contribution in [3.05, 3.63) is 47.5 Å². The summed E-state index contributed by atoms with van der Waals surface area (Å²) >= 11 is 0. The van der Waals surface area contributed by atoms with Crippen LogP contribution in [0.15, 0.2) is 36.4 Å². The lowest BCUT2D eigenvalue weighted by Gasteiger charge is -2.35. The quantitative estimate of drug-likeness (QED) is 0.423. The highest BCUT2D eigenvalue weighted by atomic mass is 14.3. The van der Waals surface area contributed by atoms with Crippen LogP contribution in [0.1, 0.15) is 120 Å². The van der Waals surface area contributed by atoms with Gasteiger partial charge in [-0.3, -0.25) is 0 Å². The van der Waals surface area contributed by atoms with E-state index in [-0.39, 0.29) is 0 Å². The molecule has 3 aliphatic rings. The smallest absolute Gasteiger partial charge is 0.00182 e. The lowest BCUT2D eigenvalue weighted by atomic mass is 9.70. The van der Waals surface area contributed by atoms with Gasteiger partial charge < -0.3 is 0 Å². The molecule has 0 aliphatic heterocycles. The zero-order chi connectivity index (χ0) is 20.1. The second-order valence-corrected chi connectivity index (χ2v) is 10.6. The molecule has 0 radical (unpaired) electrons. The monoisotopic (exact) mass is 392 g/mol. The molecule has 0 bridgehead atoms. The first kappa shape index (κ1) is 21.2. The third-order valence-corrected chi connectivity index (χ3v) is 8.86. The Bertz CT molecular complexity index is 623. The highest BCUT2D eigenvalue weighted by Gasteiger charge is 2.28. The van der Waals surface area contributed by atoms with Crippen molar-refractivity contribution >= 4 is 0 Å². The van der Waals surface area contributed by atoms with Crippen molar-refractivity contribution in [2.45, 2.75) is 109 Å². The Morgan fingerprint density at radius 1 is 0.655 bits per heavy atom. The molecule has 160 valence electrons. The van der Waals surface area contributed by atoms with Gasteiger partial charge in [0.1, 0.15) is 0 Å². The molecule has 2 fully saturated rings. The van der Waals surface area contributed by atoms with E-state index in [9.17, 15) is 0 Å². The van der Waals surface area contributed by atoms with E-state index in [1.165, 1.54) is 83.5 Å². The summed E-state index contributed by atoms with van der Waals surface area (Å²) in [6.07, 6.45) is 23.8. The van der Waals surface area contributed by atoms with E-state index >= 15 is 0 Å². The molecule has 2 unspecified atom stereocenters. The summed E-state index contributed by atoms with van der Waals surface area (Å²) in [6.45, 7) is 4.71. The third kappa shape index (κ3) is 5.36. The standard InChI is InChI=1S/C29H44/c1-3-5-23-8-12-25(13-9-23)27-16-20-29(21-17-27)28-18-14-26(15-19-28)24-10-6-22(4-2)7-11-24/h14-16,18-20,22-25,27,29H,3-13,17,21H2,1-2H3. The first-order valence-corrected chi connectivity index (χ1v) is 13.0. The van der Waals surface area contributed by atoms with Gasteiger partial charge in [0.15, 0.2) is 0 Å². The fourth-order valence-corrected chi connectivity index (χ4v) is 6.74. The summed E-state index contributed by atoms with van der Waals surface area (Å²) < 4.78 is 0. The van der Waals surface area contributed by atoms with Crippen LogP contribution in [0.2, 0.25) is 0 Å². The lowest BCUT2D eigenvalue weighted by molar-refractivity contribution is 0.209. The highest BCUT2D eigenvalue weighted by Crippen LogP contribution is 2.42. The van der Waals surface area contributed by atoms with Crippen LogP contribution >= 0.6 is 0 Å². The van der Waals surface area contributed by atoms with Crippen LogP contribution < -0.4 is 0 Å². The Morgan fingerprint density at radius 2 is 1.31 bits per heavy atom. The lowest BCUT2D eigenvalue weighted by Crippen LogP contribution is -2.23. The summed E-state index contributed by atoms with van der Waals surface area (Å²) in [5, 5.41) is 0. The van der Waals surface area contributed by atoms with Gasteiger partial charge in [0.05, 0.1) is 0 Å². The number of hydrogen-bond donors (Lipinski definition) is 0. The van der Waals surface area contributed by atoms with E-state index in [0.29, 0.717) is 5.92 Å². The van der Waals surface area contributed by atoms with Gasteiger partial charge in [0.2, 0.25) is 0 Å². The topological polar surface area (TPSA) is 0 Å². The van der Waals surface area contributed by atoms with Crippen LogP contribution in [0.25, 0.3) is 0 Å². The predicted octanol–water partition coefficient (Wildman–Crippen LogP) is 9.03. The van der Waals surface area contributed by atoms with Gasteiger partial charge in [-0.15, -0.1) is 0 Å². The van der Waals surface area contributed by atoms with E-state index < -0.39 is 0 Å². The van der Waals surface area contributed by atoms with Crippen LogP contribution in [0.4, 0.5) is 0 Å². The molecule has 2 saturated carbocycles. The highest BCUT2D eigenvalue weighted by molar-refractivity contribution is 5.31. The number of hydrogen-bond acceptors (Lipinski definition) is 0. The molecule has 0 heterocycles. The summed E-state index contributed by atoms with van der Waals surface area (Å²) in [5.74, 6) is 5.34. The molecule has 0 heteroatoms. The Hall–Kier alpha value is -1.04. The van der Waals surface area contributed by atoms with Crippen molar-refractivity contribution in [2.75, 3.05) is 0 Å². The Balaban J connectivity index is 1.29. The Kier molecular flexibility index (Phi) is 7.54. The minimum Gasteiger partial charge on any atom is -0.0845 e. The number of benzene rings is 1. The van der Waals surface area contributed by atoms with E-state index in [2.05, 4.69) is 50.3 Å². The Morgan fingerprint density at radius 3 is 1.90 bits per heavy atom. The molecule has 3 aliphatic carbocycles. The molecule has 0 spiro atoms. The van der Waals surface area contributed by atoms with E-state index in [1.807, 2.05) is 0 Å². The van der Waals surface area contributed by atoms with Crippen LogP contribution in [-0.4, -0.2) is 0 Å². The maximum atomic E-state index is 2.61. The van der Waals surface area contributed by atoms with Crippen molar-refractivity contribution in [1.29, 1.82) is 0 Å². The van der Waals surface area contributed by atoms with Gasteiger partial charge in [-0.2, -0.15) is 0 Å². The number of allylic oxidation sites excluding steroid dienone is 2. The zero-order valence-electron chi connectivity index (χ0n) is 19.1. The summed E-state index contributed by atoms with van der Waals surface area (Å²) in [7, 11) is 0. The molecular weight excluding hydrogens is 348 g/mol. The molecule has 1 aromatic rings. The summed E-state index contributed by atoms with van der Waals surface area (Å²) in [5.41, 5.74) is 3.15. The van der Waals surface area contributed by atoms with Gasteiger partial charge in [0, 0.05) is 5.92 Å². The summed E-state index contributed by atoms with van der Waals surface area (Å²) in [6, 6.07) is 9.82. The fraction of sp³-hybridized carbons (Fsp3) is 0.724. The van der Waals surface area contributed by atoms with Gasteiger partial charge >= 0.3 is 0 Å². The molecule has 0 amide bonds. The minimum atomic E-state index is 0.660. The van der Waals surface area contributed by atoms with Gasteiger partial charge in [-0.05, 0) is 92.1 Å². The van der Waals surface area contributed by atoms with Crippen LogP contribution in [-0.2, 0) is 0 Å². The van der Waals surface area contributed by atoms with Gasteiger partial charge in [-0.25, -0.2) is 0 Å². The van der Waals surface area contributed by atoms with Gasteiger partial charge in [0.25, 0.3) is 0 Å². The average Bonchev–Trinajstić information content (AvgIpc) is 2.80. The van der Waals surface area contributed by atoms with E-state index in [0.717, 1.165) is 29.6 Å². The molecule has 1 aromatic carbocycles. The second-order valence-electron chi connectivity index (χ2n) is 10.6. The van der Waals surface area contributed by atoms with Crippen molar-refractivity contribution in [3.63, 3.8) is 0 Å². The maximum absolute atomic E-state index is 2.61. The largest absolute Gasteiger partial charge is 0.0845 e. The predicted molar refractivity (Wildman–Crippen MR) is 126 cm³/mol. The molecule has 2 atom stereocenters. The third-order valence-electron chi connectivity index (χ3n) is 8.86. The van der Waals surface area contributed by atoms with E-state index in [1.54, 1.807) is 11.1 Å². The maximum Gasteiger partial charge on any atom is 0.00182 e. The molecule has 0 aromatic heterocycles. The Labute approximate surface area is 180 Å². The van der Waals surface area contributed by atoms with Gasteiger partial charge in [-0.1, -0.05) is 82.4 Å². The first-order valence-electron chi connectivity index (χ1n) is 13.0. The fourth-order valence-electron chi connectivity index (χ4n) is 6.74. The van der Waals surface area contributed by atoms with Crippen molar-refractivity contribution in [1.82, 2.24) is 0 Å². The number of rotatable bonds is 6. The van der Waals surface area contributed by atoms with Crippen molar-refractivity contribution in [2.24, 2.45) is 23.7 Å². The average molecular weight is 393 g/mol. The zero-order valence-corrected chi connectivity index (χ0v) is 19.1. The molecule has 29 heavy (non-hydrogen) atoms. The van der Waals surface area contributed by atoms with Crippen LogP contribution in [0.3, 0.4) is 0 Å². The SMILES string of the molecule is CCCC1CCC(C2C=CC(c3ccc(C4CCC(CC)CC4)cc3)CC2)CC1. The molecule has 4 rings (SSSR count). The van der Waals surface area contributed by atoms with Crippen LogP contribution in [0, 0.1) is 23.7 Å². The second kappa shape index (κ2) is 10.3. The normalized spacial score (nSPS) is 35.5. The van der Waals surface area contributed by atoms with Crippen LogP contribution in [0.5, 0.6) is 0 Å². The first-order chi connectivity index (χ1) is 14.3.